The number of H-pyrrole nitrogens is 1. The van der Waals surface area contributed by atoms with Crippen molar-refractivity contribution in [3.8, 4) is 17.1 Å². The van der Waals surface area contributed by atoms with Crippen LogP contribution in [0, 0.1) is 6.92 Å². The number of carbonyl (C=O) groups is 1. The fraction of sp³-hybridized carbons (Fsp3) is 0.0909. The summed E-state index contributed by atoms with van der Waals surface area (Å²) in [6.07, 6.45) is 3.15. The number of amides is 1. The minimum absolute atomic E-state index is 0.287. The first-order valence-corrected chi connectivity index (χ1v) is 10.2. The summed E-state index contributed by atoms with van der Waals surface area (Å²) < 4.78 is 10.2. The van der Waals surface area contributed by atoms with E-state index in [9.17, 15) is 9.59 Å². The first-order chi connectivity index (χ1) is 15.0. The van der Waals surface area contributed by atoms with E-state index in [-0.39, 0.29) is 5.91 Å². The number of nitrogens with zero attached hydrogens (tertiary/aromatic N) is 2. The van der Waals surface area contributed by atoms with Gasteiger partial charge in [0, 0.05) is 22.7 Å². The number of aryl methyl sites for hydroxylation is 1. The lowest BCUT2D eigenvalue weighted by Crippen LogP contribution is -2.07. The van der Waals surface area contributed by atoms with Gasteiger partial charge in [-0.15, -0.1) is 11.3 Å². The van der Waals surface area contributed by atoms with Crippen LogP contribution in [0.1, 0.15) is 16.3 Å². The smallest absolute Gasteiger partial charge is 0.439 e. The van der Waals surface area contributed by atoms with Crippen LogP contribution in [0.3, 0.4) is 0 Å². The van der Waals surface area contributed by atoms with Gasteiger partial charge in [-0.05, 0) is 42.8 Å². The molecule has 4 aromatic rings. The van der Waals surface area contributed by atoms with Crippen molar-refractivity contribution in [3.05, 3.63) is 86.8 Å². The van der Waals surface area contributed by atoms with E-state index in [2.05, 4.69) is 25.0 Å². The average molecular weight is 434 g/mol. The van der Waals surface area contributed by atoms with Crippen molar-refractivity contribution in [3.63, 3.8) is 0 Å². The molecular weight excluding hydrogens is 416 g/mol. The number of hydrogen-bond donors (Lipinski definition) is 2. The third kappa shape index (κ3) is 5.55. The van der Waals surface area contributed by atoms with Crippen LogP contribution >= 0.6 is 11.3 Å². The van der Waals surface area contributed by atoms with Crippen LogP contribution in [0.4, 0.5) is 5.69 Å². The van der Waals surface area contributed by atoms with Crippen LogP contribution in [-0.2, 0) is 11.4 Å². The number of aromatic amines is 1. The number of anilines is 1. The molecule has 0 aliphatic carbocycles. The van der Waals surface area contributed by atoms with E-state index < -0.39 is 5.76 Å². The second-order valence-electron chi connectivity index (χ2n) is 6.56. The number of hydrogen-bond acceptors (Lipinski definition) is 7. The van der Waals surface area contributed by atoms with Crippen LogP contribution in [-0.4, -0.2) is 21.0 Å². The van der Waals surface area contributed by atoms with Crippen molar-refractivity contribution in [2.75, 3.05) is 5.32 Å². The molecule has 2 aromatic carbocycles. The highest BCUT2D eigenvalue weighted by molar-refractivity contribution is 7.09. The van der Waals surface area contributed by atoms with E-state index in [1.165, 1.54) is 6.08 Å². The van der Waals surface area contributed by atoms with Crippen molar-refractivity contribution < 1.29 is 14.1 Å². The summed E-state index contributed by atoms with van der Waals surface area (Å²) in [6, 6.07) is 14.3. The maximum Gasteiger partial charge on any atom is 0.439 e. The highest BCUT2D eigenvalue weighted by atomic mass is 32.1. The molecule has 2 N–H and O–H groups in total. The number of benzene rings is 2. The highest BCUT2D eigenvalue weighted by Crippen LogP contribution is 2.19. The van der Waals surface area contributed by atoms with Crippen LogP contribution in [0.25, 0.3) is 17.5 Å². The minimum Gasteiger partial charge on any atom is -0.487 e. The van der Waals surface area contributed by atoms with Gasteiger partial charge < -0.3 is 10.1 Å². The molecule has 0 saturated carbocycles. The van der Waals surface area contributed by atoms with E-state index in [0.29, 0.717) is 23.7 Å². The van der Waals surface area contributed by atoms with Crippen molar-refractivity contribution in [2.24, 2.45) is 0 Å². The summed E-state index contributed by atoms with van der Waals surface area (Å²) >= 11 is 1.59. The number of thiazole rings is 1. The van der Waals surface area contributed by atoms with E-state index >= 15 is 0 Å². The van der Waals surface area contributed by atoms with Gasteiger partial charge in [-0.25, -0.2) is 9.78 Å². The van der Waals surface area contributed by atoms with Crippen LogP contribution < -0.4 is 15.8 Å². The van der Waals surface area contributed by atoms with Crippen molar-refractivity contribution >= 4 is 29.0 Å². The molecule has 0 aliphatic rings. The molecule has 0 radical (unpaired) electrons. The first kappa shape index (κ1) is 20.3. The predicted molar refractivity (Wildman–Crippen MR) is 118 cm³/mol. The molecule has 0 fully saturated rings. The minimum atomic E-state index is -0.637. The Morgan fingerprint density at radius 2 is 2.10 bits per heavy atom. The largest absolute Gasteiger partial charge is 0.487 e. The van der Waals surface area contributed by atoms with Gasteiger partial charge in [-0.2, -0.15) is 0 Å². The van der Waals surface area contributed by atoms with E-state index in [1.54, 1.807) is 41.7 Å². The molecule has 9 heteroatoms. The Balaban J connectivity index is 1.33. The van der Waals surface area contributed by atoms with Gasteiger partial charge >= 0.3 is 5.76 Å². The molecule has 0 bridgehead atoms. The lowest BCUT2D eigenvalue weighted by molar-refractivity contribution is -0.111. The predicted octanol–water partition coefficient (Wildman–Crippen LogP) is 4.03. The molecule has 2 aromatic heterocycles. The zero-order valence-corrected chi connectivity index (χ0v) is 17.3. The molecule has 156 valence electrons. The SMILES string of the molecule is Cc1nc(COc2ccc(/C=C/C(=O)Nc3cccc(-c4noc(=O)[nH]4)c3)cc2)cs1. The number of rotatable bonds is 7. The number of ether oxygens (including phenoxy) is 1. The standard InChI is InChI=1S/C22H18N4O4S/c1-14-23-18(13-31-14)12-29-19-8-5-15(6-9-19)7-10-20(27)24-17-4-2-3-16(11-17)21-25-22(28)30-26-21/h2-11,13H,12H2,1H3,(H,24,27)(H,25,26,28)/b10-7+. The maximum atomic E-state index is 12.2. The summed E-state index contributed by atoms with van der Waals surface area (Å²) in [6.45, 7) is 2.38. The molecule has 0 saturated heterocycles. The molecule has 4 rings (SSSR count). The normalized spacial score (nSPS) is 11.0. The van der Waals surface area contributed by atoms with Crippen LogP contribution in [0.15, 0.2) is 69.3 Å². The van der Waals surface area contributed by atoms with E-state index in [4.69, 9.17) is 4.74 Å². The second kappa shape index (κ2) is 9.23. The third-order valence-corrected chi connectivity index (χ3v) is 5.03. The molecule has 2 heterocycles. The van der Waals surface area contributed by atoms with Crippen molar-refractivity contribution in [1.29, 1.82) is 0 Å². The van der Waals surface area contributed by atoms with Crippen molar-refractivity contribution in [2.45, 2.75) is 13.5 Å². The summed E-state index contributed by atoms with van der Waals surface area (Å²) in [5.74, 6) is 0.103. The topological polar surface area (TPSA) is 110 Å². The quantitative estimate of drug-likeness (QED) is 0.425. The summed E-state index contributed by atoms with van der Waals surface area (Å²) in [4.78, 5) is 30.2. The van der Waals surface area contributed by atoms with Gasteiger partial charge in [-0.1, -0.05) is 29.4 Å². The third-order valence-electron chi connectivity index (χ3n) is 4.20. The Morgan fingerprint density at radius 1 is 1.26 bits per heavy atom. The fourth-order valence-corrected chi connectivity index (χ4v) is 3.36. The molecule has 1 amide bonds. The van der Waals surface area contributed by atoms with Crippen molar-refractivity contribution in [1.82, 2.24) is 15.1 Å². The number of nitrogens with one attached hydrogen (secondary N) is 2. The molecular formula is C22H18N4O4S. The first-order valence-electron chi connectivity index (χ1n) is 9.34. The van der Waals surface area contributed by atoms with Crippen LogP contribution in [0.5, 0.6) is 5.75 Å². The van der Waals surface area contributed by atoms with Gasteiger partial charge in [0.25, 0.3) is 0 Å². The fourth-order valence-electron chi connectivity index (χ4n) is 2.76. The summed E-state index contributed by atoms with van der Waals surface area (Å²) in [5, 5.41) is 9.40. The zero-order chi connectivity index (χ0) is 21.6. The lowest BCUT2D eigenvalue weighted by atomic mass is 10.2. The second-order valence-corrected chi connectivity index (χ2v) is 7.62. The van der Waals surface area contributed by atoms with Gasteiger partial charge in [0.15, 0.2) is 5.82 Å². The molecule has 8 nitrogen and oxygen atoms in total. The molecule has 31 heavy (non-hydrogen) atoms. The molecule has 0 aliphatic heterocycles. The Bertz CT molecular complexity index is 1270. The average Bonchev–Trinajstić information content (AvgIpc) is 3.40. The van der Waals surface area contributed by atoms with Gasteiger partial charge in [0.1, 0.15) is 12.4 Å². The highest BCUT2D eigenvalue weighted by Gasteiger charge is 2.06. The molecule has 0 atom stereocenters. The summed E-state index contributed by atoms with van der Waals surface area (Å²) in [5.41, 5.74) is 2.95. The summed E-state index contributed by atoms with van der Waals surface area (Å²) in [7, 11) is 0. The Kier molecular flexibility index (Phi) is 6.04. The Labute approximate surface area is 181 Å². The van der Waals surface area contributed by atoms with E-state index in [0.717, 1.165) is 22.0 Å². The Morgan fingerprint density at radius 3 is 2.81 bits per heavy atom. The molecule has 0 unspecified atom stereocenters. The van der Waals surface area contributed by atoms with Gasteiger partial charge in [0.2, 0.25) is 5.91 Å². The monoisotopic (exact) mass is 434 g/mol. The molecule has 0 spiro atoms. The van der Waals surface area contributed by atoms with E-state index in [1.807, 2.05) is 36.6 Å². The van der Waals surface area contributed by atoms with Gasteiger partial charge in [0.05, 0.1) is 10.7 Å². The van der Waals surface area contributed by atoms with Gasteiger partial charge in [-0.3, -0.25) is 14.3 Å². The number of aromatic nitrogens is 3. The van der Waals surface area contributed by atoms with Crippen LogP contribution in [0.2, 0.25) is 0 Å². The number of carbonyl (C=O) groups excluding carboxylic acids is 1. The lowest BCUT2D eigenvalue weighted by Gasteiger charge is -2.05. The Hall–Kier alpha value is -3.98. The maximum absolute atomic E-state index is 12.2. The zero-order valence-electron chi connectivity index (χ0n) is 16.5.